The zero-order chi connectivity index (χ0) is 40.7. The zero-order valence-electron chi connectivity index (χ0n) is 37.8. The number of aliphatic hydroxyl groups excluding tert-OH is 3. The SMILES string of the molecule is CCCCCCCCCCCCCCCCCCCCCCCCCCCCCCCC/C=C/CCCCCCCCCCCC(=O)OCC(CO)(CO)CO. The Morgan fingerprint density at radius 3 is 0.857 bits per heavy atom. The van der Waals surface area contributed by atoms with Gasteiger partial charge in [0.05, 0.1) is 25.2 Å². The molecule has 0 aliphatic carbocycles. The van der Waals surface area contributed by atoms with Crippen molar-refractivity contribution in [1.82, 2.24) is 0 Å². The summed E-state index contributed by atoms with van der Waals surface area (Å²) in [6.07, 6.45) is 62.1. The van der Waals surface area contributed by atoms with Gasteiger partial charge in [-0.15, -0.1) is 0 Å². The number of allylic oxidation sites excluding steroid dienone is 2. The molecule has 0 aromatic carbocycles. The molecule has 0 radical (unpaired) electrons. The first kappa shape index (κ1) is 55.1. The number of unbranched alkanes of at least 4 members (excludes halogenated alkanes) is 39. The molecule has 0 saturated heterocycles. The minimum absolute atomic E-state index is 0.148. The number of ether oxygens (including phenoxy) is 1. The first-order valence-electron chi connectivity index (χ1n) is 25.3. The molecule has 0 bridgehead atoms. The first-order chi connectivity index (χ1) is 27.6. The molecule has 0 fully saturated rings. The lowest BCUT2D eigenvalue weighted by Gasteiger charge is -2.26. The molecular formula is C51H100O5. The van der Waals surface area contributed by atoms with Crippen molar-refractivity contribution < 1.29 is 24.9 Å². The first-order valence-corrected chi connectivity index (χ1v) is 25.3. The van der Waals surface area contributed by atoms with E-state index in [0.717, 1.165) is 19.3 Å². The fourth-order valence-corrected chi connectivity index (χ4v) is 7.88. The smallest absolute Gasteiger partial charge is 0.305 e. The third-order valence-electron chi connectivity index (χ3n) is 12.2. The Labute approximate surface area is 350 Å². The summed E-state index contributed by atoms with van der Waals surface area (Å²) in [6.45, 7) is 0.918. The molecule has 3 N–H and O–H groups in total. The van der Waals surface area contributed by atoms with Crippen LogP contribution in [0.1, 0.15) is 277 Å². The molecule has 0 spiro atoms. The van der Waals surface area contributed by atoms with Gasteiger partial charge in [-0.1, -0.05) is 250 Å². The van der Waals surface area contributed by atoms with Crippen molar-refractivity contribution in [2.24, 2.45) is 5.41 Å². The maximum atomic E-state index is 11.9. The van der Waals surface area contributed by atoms with E-state index in [1.165, 1.54) is 244 Å². The maximum Gasteiger partial charge on any atom is 0.305 e. The number of hydrogen-bond donors (Lipinski definition) is 3. The van der Waals surface area contributed by atoms with Gasteiger partial charge in [0.2, 0.25) is 0 Å². The molecule has 0 heterocycles. The fourth-order valence-electron chi connectivity index (χ4n) is 7.88. The van der Waals surface area contributed by atoms with Crippen LogP contribution in [-0.4, -0.2) is 47.7 Å². The predicted molar refractivity (Wildman–Crippen MR) is 243 cm³/mol. The lowest BCUT2D eigenvalue weighted by Crippen LogP contribution is -2.39. The van der Waals surface area contributed by atoms with Gasteiger partial charge in [-0.2, -0.15) is 0 Å². The van der Waals surface area contributed by atoms with Crippen LogP contribution in [0.15, 0.2) is 12.2 Å². The molecular weight excluding hydrogens is 693 g/mol. The molecule has 5 nitrogen and oxygen atoms in total. The molecule has 334 valence electrons. The van der Waals surface area contributed by atoms with Crippen LogP contribution < -0.4 is 0 Å². The molecule has 0 aromatic heterocycles. The van der Waals surface area contributed by atoms with Crippen LogP contribution in [0.2, 0.25) is 0 Å². The van der Waals surface area contributed by atoms with E-state index >= 15 is 0 Å². The molecule has 0 aliphatic heterocycles. The maximum absolute atomic E-state index is 11.9. The lowest BCUT2D eigenvalue weighted by atomic mass is 9.93. The summed E-state index contributed by atoms with van der Waals surface area (Å²) >= 11 is 0. The Hall–Kier alpha value is -0.910. The molecule has 0 unspecified atom stereocenters. The van der Waals surface area contributed by atoms with Gasteiger partial charge in [-0.3, -0.25) is 4.79 Å². The van der Waals surface area contributed by atoms with Gasteiger partial charge in [0.25, 0.3) is 0 Å². The van der Waals surface area contributed by atoms with E-state index in [4.69, 9.17) is 4.74 Å². The topological polar surface area (TPSA) is 87.0 Å². The van der Waals surface area contributed by atoms with Crippen LogP contribution in [0.25, 0.3) is 0 Å². The van der Waals surface area contributed by atoms with E-state index in [1.54, 1.807) is 0 Å². The number of hydrogen-bond acceptors (Lipinski definition) is 5. The van der Waals surface area contributed by atoms with Crippen molar-refractivity contribution in [2.75, 3.05) is 26.4 Å². The molecule has 0 amide bonds. The molecule has 0 atom stereocenters. The highest BCUT2D eigenvalue weighted by atomic mass is 16.5. The summed E-state index contributed by atoms with van der Waals surface area (Å²) in [6, 6.07) is 0. The fraction of sp³-hybridized carbons (Fsp3) is 0.941. The number of carbonyl (C=O) groups excluding carboxylic acids is 1. The van der Waals surface area contributed by atoms with E-state index in [-0.39, 0.29) is 12.6 Å². The standard InChI is InChI=1S/C51H100O5/c1-2-3-4-5-6-7-8-9-10-11-12-13-14-15-16-17-18-19-20-21-22-23-24-25-26-27-28-29-30-31-32-33-34-35-36-37-38-39-40-41-42-43-44-45-50(55)56-49-51(46-52,47-53)48-54/h33-34,52-54H,2-32,35-49H2,1H3/b34-33+. The zero-order valence-corrected chi connectivity index (χ0v) is 37.8. The Bertz CT molecular complexity index is 770. The average Bonchev–Trinajstić information content (AvgIpc) is 3.21. The Kier molecular flexibility index (Phi) is 46.0. The van der Waals surface area contributed by atoms with Gasteiger partial charge in [0, 0.05) is 6.42 Å². The van der Waals surface area contributed by atoms with Gasteiger partial charge in [-0.25, -0.2) is 0 Å². The minimum atomic E-state index is -1.14. The molecule has 0 aromatic rings. The summed E-state index contributed by atoms with van der Waals surface area (Å²) in [4.78, 5) is 11.9. The Morgan fingerprint density at radius 2 is 0.607 bits per heavy atom. The van der Waals surface area contributed by atoms with Crippen LogP contribution in [0.4, 0.5) is 0 Å². The molecule has 5 heteroatoms. The van der Waals surface area contributed by atoms with Gasteiger partial charge >= 0.3 is 5.97 Å². The quantitative estimate of drug-likeness (QED) is 0.0324. The Morgan fingerprint density at radius 1 is 0.375 bits per heavy atom. The van der Waals surface area contributed by atoms with Crippen molar-refractivity contribution in [3.63, 3.8) is 0 Å². The van der Waals surface area contributed by atoms with E-state index < -0.39 is 25.2 Å². The Balaban J connectivity index is 3.20. The minimum Gasteiger partial charge on any atom is -0.465 e. The number of rotatable bonds is 48. The molecule has 0 rings (SSSR count). The van der Waals surface area contributed by atoms with Crippen molar-refractivity contribution in [3.05, 3.63) is 12.2 Å². The summed E-state index contributed by atoms with van der Waals surface area (Å²) in [5.41, 5.74) is -1.14. The second-order valence-corrected chi connectivity index (χ2v) is 17.9. The lowest BCUT2D eigenvalue weighted by molar-refractivity contribution is -0.151. The van der Waals surface area contributed by atoms with E-state index in [9.17, 15) is 20.1 Å². The number of carbonyl (C=O) groups is 1. The monoisotopic (exact) mass is 793 g/mol. The van der Waals surface area contributed by atoms with Crippen molar-refractivity contribution in [2.45, 2.75) is 277 Å². The summed E-state index contributed by atoms with van der Waals surface area (Å²) in [7, 11) is 0. The van der Waals surface area contributed by atoms with E-state index in [1.807, 2.05) is 0 Å². The van der Waals surface area contributed by atoms with Crippen molar-refractivity contribution in [1.29, 1.82) is 0 Å². The molecule has 56 heavy (non-hydrogen) atoms. The predicted octanol–water partition coefficient (Wildman–Crippen LogP) is 15.5. The summed E-state index contributed by atoms with van der Waals surface area (Å²) in [5, 5.41) is 27.9. The van der Waals surface area contributed by atoms with Crippen LogP contribution in [0.5, 0.6) is 0 Å². The highest BCUT2D eigenvalue weighted by Gasteiger charge is 2.30. The largest absolute Gasteiger partial charge is 0.465 e. The number of aliphatic hydroxyl groups is 3. The van der Waals surface area contributed by atoms with Crippen molar-refractivity contribution >= 4 is 5.97 Å². The van der Waals surface area contributed by atoms with Crippen molar-refractivity contribution in [3.8, 4) is 0 Å². The van der Waals surface area contributed by atoms with Crippen LogP contribution >= 0.6 is 0 Å². The van der Waals surface area contributed by atoms with Gasteiger partial charge in [0.1, 0.15) is 6.61 Å². The molecule has 0 aliphatic rings. The van der Waals surface area contributed by atoms with Gasteiger partial charge < -0.3 is 20.1 Å². The second-order valence-electron chi connectivity index (χ2n) is 17.9. The third-order valence-corrected chi connectivity index (χ3v) is 12.2. The summed E-state index contributed by atoms with van der Waals surface area (Å²) in [5.74, 6) is -0.323. The van der Waals surface area contributed by atoms with Crippen LogP contribution in [-0.2, 0) is 9.53 Å². The van der Waals surface area contributed by atoms with Gasteiger partial charge in [-0.05, 0) is 32.1 Å². The highest BCUT2D eigenvalue weighted by molar-refractivity contribution is 5.69. The van der Waals surface area contributed by atoms with Crippen LogP contribution in [0, 0.1) is 5.41 Å². The van der Waals surface area contributed by atoms with Crippen LogP contribution in [0.3, 0.4) is 0 Å². The summed E-state index contributed by atoms with van der Waals surface area (Å²) < 4.78 is 5.14. The average molecular weight is 793 g/mol. The van der Waals surface area contributed by atoms with E-state index in [2.05, 4.69) is 19.1 Å². The number of esters is 1. The van der Waals surface area contributed by atoms with E-state index in [0.29, 0.717) is 6.42 Å². The molecule has 0 saturated carbocycles. The normalized spacial score (nSPS) is 12.0. The third kappa shape index (κ3) is 41.3. The van der Waals surface area contributed by atoms with Gasteiger partial charge in [0.15, 0.2) is 0 Å². The highest BCUT2D eigenvalue weighted by Crippen LogP contribution is 2.19. The second kappa shape index (κ2) is 46.8.